The van der Waals surface area contributed by atoms with Gasteiger partial charge in [-0.3, -0.25) is 4.79 Å². The number of anilines is 1. The maximum absolute atomic E-state index is 12.2. The van der Waals surface area contributed by atoms with E-state index >= 15 is 0 Å². The molecule has 92 valence electrons. The average Bonchev–Trinajstić information content (AvgIpc) is 2.54. The number of hydrogen-bond acceptors (Lipinski definition) is 4. The molecule has 2 rings (SSSR count). The van der Waals surface area contributed by atoms with Crippen molar-refractivity contribution in [2.24, 2.45) is 0 Å². The molecule has 0 saturated carbocycles. The molecule has 0 aliphatic carbocycles. The molecular formula is C12H17N3O2. The highest BCUT2D eigenvalue weighted by atomic mass is 16.5. The molecule has 1 saturated heterocycles. The van der Waals surface area contributed by atoms with Crippen molar-refractivity contribution in [3.05, 3.63) is 23.9 Å². The van der Waals surface area contributed by atoms with Crippen LogP contribution in [0.15, 0.2) is 18.3 Å². The molecule has 0 bridgehead atoms. The van der Waals surface area contributed by atoms with Gasteiger partial charge >= 0.3 is 0 Å². The van der Waals surface area contributed by atoms with E-state index in [2.05, 4.69) is 4.98 Å². The minimum atomic E-state index is -0.00477. The minimum absolute atomic E-state index is 0.00477. The Kier molecular flexibility index (Phi) is 3.58. The molecule has 2 N–H and O–H groups in total. The number of carbonyl (C=O) groups is 1. The highest BCUT2D eigenvalue weighted by Gasteiger charge is 2.21. The molecule has 1 atom stereocenters. The third-order valence-corrected chi connectivity index (χ3v) is 2.77. The number of nitrogens with two attached hydrogens (primary N) is 1. The number of pyridine rings is 1. The van der Waals surface area contributed by atoms with Gasteiger partial charge in [-0.1, -0.05) is 0 Å². The van der Waals surface area contributed by atoms with Gasteiger partial charge in [-0.2, -0.15) is 0 Å². The number of ether oxygens (including phenoxy) is 1. The number of aromatic nitrogens is 1. The van der Waals surface area contributed by atoms with Crippen molar-refractivity contribution in [3.8, 4) is 0 Å². The normalized spacial score (nSPS) is 21.0. The predicted octanol–water partition coefficient (Wildman–Crippen LogP) is 0.915. The van der Waals surface area contributed by atoms with Gasteiger partial charge in [0.1, 0.15) is 5.82 Å². The molecule has 0 aromatic carbocycles. The van der Waals surface area contributed by atoms with E-state index in [-0.39, 0.29) is 12.0 Å². The van der Waals surface area contributed by atoms with Gasteiger partial charge in [-0.15, -0.1) is 0 Å². The Balaban J connectivity index is 2.10. The quantitative estimate of drug-likeness (QED) is 0.785. The van der Waals surface area contributed by atoms with Crippen molar-refractivity contribution in [2.45, 2.75) is 19.4 Å². The van der Waals surface area contributed by atoms with Crippen molar-refractivity contribution in [2.75, 3.05) is 25.4 Å². The number of hydrogen-bond donors (Lipinski definition) is 1. The molecule has 1 aliphatic rings. The van der Waals surface area contributed by atoms with Crippen molar-refractivity contribution in [1.29, 1.82) is 0 Å². The van der Waals surface area contributed by atoms with Gasteiger partial charge in [0.05, 0.1) is 11.7 Å². The van der Waals surface area contributed by atoms with Crippen LogP contribution in [0.3, 0.4) is 0 Å². The fourth-order valence-electron chi connectivity index (χ4n) is 1.89. The zero-order valence-corrected chi connectivity index (χ0v) is 9.93. The Morgan fingerprint density at radius 2 is 2.41 bits per heavy atom. The monoisotopic (exact) mass is 235 g/mol. The Morgan fingerprint density at radius 1 is 1.59 bits per heavy atom. The lowest BCUT2D eigenvalue weighted by molar-refractivity contribution is 0.0562. The molecule has 1 amide bonds. The molecule has 1 unspecified atom stereocenters. The third kappa shape index (κ3) is 2.94. The second-order valence-corrected chi connectivity index (χ2v) is 4.26. The van der Waals surface area contributed by atoms with Crippen LogP contribution in [0.25, 0.3) is 0 Å². The van der Waals surface area contributed by atoms with Crippen molar-refractivity contribution >= 4 is 11.7 Å². The van der Waals surface area contributed by atoms with Crippen LogP contribution in [0, 0.1) is 0 Å². The zero-order valence-electron chi connectivity index (χ0n) is 9.93. The molecule has 17 heavy (non-hydrogen) atoms. The molecule has 0 radical (unpaired) electrons. The summed E-state index contributed by atoms with van der Waals surface area (Å²) in [4.78, 5) is 17.9. The van der Waals surface area contributed by atoms with E-state index in [0.29, 0.717) is 24.5 Å². The Morgan fingerprint density at radius 3 is 3.12 bits per heavy atom. The lowest BCUT2D eigenvalue weighted by Crippen LogP contribution is -2.35. The third-order valence-electron chi connectivity index (χ3n) is 2.77. The van der Waals surface area contributed by atoms with E-state index in [1.807, 2.05) is 11.8 Å². The van der Waals surface area contributed by atoms with E-state index < -0.39 is 0 Å². The van der Waals surface area contributed by atoms with Crippen LogP contribution >= 0.6 is 0 Å². The molecule has 5 heteroatoms. The van der Waals surface area contributed by atoms with E-state index in [4.69, 9.17) is 10.5 Å². The molecule has 5 nitrogen and oxygen atoms in total. The molecular weight excluding hydrogens is 218 g/mol. The molecule has 0 spiro atoms. The standard InChI is InChI=1S/C12H17N3O2/c1-9-8-15(5-2-6-17-9)12(16)10-3-4-11(13)14-7-10/h3-4,7,9H,2,5-6,8H2,1H3,(H2,13,14). The summed E-state index contributed by atoms with van der Waals surface area (Å²) in [5.74, 6) is 0.420. The fourth-order valence-corrected chi connectivity index (χ4v) is 1.89. The molecule has 1 aromatic rings. The smallest absolute Gasteiger partial charge is 0.255 e. The zero-order chi connectivity index (χ0) is 12.3. The van der Waals surface area contributed by atoms with Crippen LogP contribution in [0.5, 0.6) is 0 Å². The number of rotatable bonds is 1. The first-order chi connectivity index (χ1) is 8.16. The van der Waals surface area contributed by atoms with Crippen LogP contribution in [0.1, 0.15) is 23.7 Å². The summed E-state index contributed by atoms with van der Waals surface area (Å²) in [5.41, 5.74) is 6.07. The first-order valence-electron chi connectivity index (χ1n) is 5.79. The molecule has 1 aliphatic heterocycles. The van der Waals surface area contributed by atoms with Gasteiger partial charge < -0.3 is 15.4 Å². The summed E-state index contributed by atoms with van der Waals surface area (Å²) in [5, 5.41) is 0. The number of nitrogen functional groups attached to an aromatic ring is 1. The molecule has 1 fully saturated rings. The Bertz CT molecular complexity index is 391. The number of amides is 1. The van der Waals surface area contributed by atoms with Crippen LogP contribution in [0.4, 0.5) is 5.82 Å². The van der Waals surface area contributed by atoms with Gasteiger partial charge in [0.2, 0.25) is 0 Å². The Labute approximate surface area is 101 Å². The van der Waals surface area contributed by atoms with Crippen LogP contribution in [0.2, 0.25) is 0 Å². The summed E-state index contributed by atoms with van der Waals surface area (Å²) in [6.07, 6.45) is 2.48. The van der Waals surface area contributed by atoms with E-state index in [0.717, 1.165) is 13.0 Å². The van der Waals surface area contributed by atoms with Crippen LogP contribution < -0.4 is 5.73 Å². The van der Waals surface area contributed by atoms with Gasteiger partial charge in [0.15, 0.2) is 0 Å². The molecule has 1 aromatic heterocycles. The second kappa shape index (κ2) is 5.14. The van der Waals surface area contributed by atoms with E-state index in [9.17, 15) is 4.79 Å². The highest BCUT2D eigenvalue weighted by Crippen LogP contribution is 2.11. The number of nitrogens with zero attached hydrogens (tertiary/aromatic N) is 2. The maximum Gasteiger partial charge on any atom is 0.255 e. The first-order valence-corrected chi connectivity index (χ1v) is 5.79. The first kappa shape index (κ1) is 11.9. The summed E-state index contributed by atoms with van der Waals surface area (Å²) in [6, 6.07) is 3.35. The van der Waals surface area contributed by atoms with E-state index in [1.54, 1.807) is 12.1 Å². The predicted molar refractivity (Wildman–Crippen MR) is 64.6 cm³/mol. The van der Waals surface area contributed by atoms with Crippen LogP contribution in [-0.2, 0) is 4.74 Å². The van der Waals surface area contributed by atoms with Crippen LogP contribution in [-0.4, -0.2) is 41.6 Å². The van der Waals surface area contributed by atoms with Gasteiger partial charge in [0.25, 0.3) is 5.91 Å². The van der Waals surface area contributed by atoms with Gasteiger partial charge in [0, 0.05) is 25.9 Å². The van der Waals surface area contributed by atoms with Gasteiger partial charge in [-0.05, 0) is 25.5 Å². The van der Waals surface area contributed by atoms with Gasteiger partial charge in [-0.25, -0.2) is 4.98 Å². The summed E-state index contributed by atoms with van der Waals surface area (Å²) >= 11 is 0. The maximum atomic E-state index is 12.2. The Hall–Kier alpha value is -1.62. The topological polar surface area (TPSA) is 68.5 Å². The lowest BCUT2D eigenvalue weighted by atomic mass is 10.2. The highest BCUT2D eigenvalue weighted by molar-refractivity contribution is 5.94. The van der Waals surface area contributed by atoms with Crippen molar-refractivity contribution < 1.29 is 9.53 Å². The van der Waals surface area contributed by atoms with Crippen molar-refractivity contribution in [1.82, 2.24) is 9.88 Å². The average molecular weight is 235 g/mol. The van der Waals surface area contributed by atoms with Crippen molar-refractivity contribution in [3.63, 3.8) is 0 Å². The molecule has 2 heterocycles. The second-order valence-electron chi connectivity index (χ2n) is 4.26. The largest absolute Gasteiger partial charge is 0.384 e. The number of carbonyl (C=O) groups excluding carboxylic acids is 1. The summed E-state index contributed by atoms with van der Waals surface area (Å²) in [7, 11) is 0. The lowest BCUT2D eigenvalue weighted by Gasteiger charge is -2.22. The fraction of sp³-hybridized carbons (Fsp3) is 0.500. The van der Waals surface area contributed by atoms with E-state index in [1.165, 1.54) is 6.20 Å². The SMILES string of the molecule is CC1CN(C(=O)c2ccc(N)nc2)CCCO1. The summed E-state index contributed by atoms with van der Waals surface area (Å²) in [6.45, 7) is 4.05. The summed E-state index contributed by atoms with van der Waals surface area (Å²) < 4.78 is 5.51. The minimum Gasteiger partial charge on any atom is -0.384 e.